The van der Waals surface area contributed by atoms with E-state index in [1.54, 1.807) is 32.0 Å². The molecular weight excluding hydrogens is 224 g/mol. The van der Waals surface area contributed by atoms with Gasteiger partial charge in [-0.3, -0.25) is 0 Å². The summed E-state index contributed by atoms with van der Waals surface area (Å²) < 4.78 is 25.5. The number of aromatic nitrogens is 2. The third-order valence-electron chi connectivity index (χ3n) is 2.34. The van der Waals surface area contributed by atoms with Crippen LogP contribution in [0.5, 0.6) is 0 Å². The Morgan fingerprint density at radius 2 is 1.88 bits per heavy atom. The van der Waals surface area contributed by atoms with E-state index in [9.17, 15) is 8.42 Å². The van der Waals surface area contributed by atoms with Crippen molar-refractivity contribution in [2.45, 2.75) is 18.7 Å². The molecular formula is C11H12N2O2S. The molecule has 0 radical (unpaired) electrons. The van der Waals surface area contributed by atoms with Gasteiger partial charge in [-0.25, -0.2) is 17.4 Å². The van der Waals surface area contributed by atoms with E-state index in [0.29, 0.717) is 10.6 Å². The van der Waals surface area contributed by atoms with Crippen LogP contribution in [0.15, 0.2) is 41.7 Å². The summed E-state index contributed by atoms with van der Waals surface area (Å²) in [7, 11) is -3.49. The number of benzene rings is 1. The van der Waals surface area contributed by atoms with Crippen molar-refractivity contribution in [3.8, 4) is 0 Å². The number of nitrogens with zero attached hydrogens (tertiary/aromatic N) is 2. The van der Waals surface area contributed by atoms with Gasteiger partial charge in [0.05, 0.1) is 10.6 Å². The summed E-state index contributed by atoms with van der Waals surface area (Å²) in [5.74, 6) is 0. The molecule has 0 fully saturated rings. The molecule has 0 unspecified atom stereocenters. The smallest absolute Gasteiger partial charge is 0.241 e. The van der Waals surface area contributed by atoms with Crippen LogP contribution in [0.4, 0.5) is 0 Å². The molecule has 0 saturated heterocycles. The molecule has 0 bridgehead atoms. The van der Waals surface area contributed by atoms with Crippen molar-refractivity contribution >= 4 is 10.0 Å². The number of aryl methyl sites for hydroxylation is 2. The van der Waals surface area contributed by atoms with Gasteiger partial charge in [0.1, 0.15) is 6.33 Å². The van der Waals surface area contributed by atoms with E-state index < -0.39 is 10.0 Å². The predicted octanol–water partition coefficient (Wildman–Crippen LogP) is 1.74. The summed E-state index contributed by atoms with van der Waals surface area (Å²) in [5, 5.41) is 0. The van der Waals surface area contributed by atoms with Crippen molar-refractivity contribution in [1.29, 1.82) is 0 Å². The Morgan fingerprint density at radius 1 is 1.19 bits per heavy atom. The van der Waals surface area contributed by atoms with Crippen LogP contribution in [0.1, 0.15) is 11.3 Å². The summed E-state index contributed by atoms with van der Waals surface area (Å²) in [4.78, 5) is 4.23. The van der Waals surface area contributed by atoms with Gasteiger partial charge in [0.2, 0.25) is 0 Å². The molecule has 1 heterocycles. The second-order valence-electron chi connectivity index (χ2n) is 3.62. The maximum atomic E-state index is 12.2. The molecule has 0 saturated carbocycles. The van der Waals surface area contributed by atoms with Crippen molar-refractivity contribution in [3.63, 3.8) is 0 Å². The molecule has 2 rings (SSSR count). The molecule has 0 amide bonds. The molecule has 0 N–H and O–H groups in total. The number of rotatable bonds is 2. The minimum absolute atomic E-state index is 0.312. The second kappa shape index (κ2) is 3.75. The minimum atomic E-state index is -3.49. The first-order chi connectivity index (χ1) is 7.51. The van der Waals surface area contributed by atoms with Crippen molar-refractivity contribution in [2.24, 2.45) is 0 Å². The predicted molar refractivity (Wildman–Crippen MR) is 60.7 cm³/mol. The van der Waals surface area contributed by atoms with Gasteiger partial charge in [0.25, 0.3) is 10.0 Å². The Balaban J connectivity index is 2.60. The van der Waals surface area contributed by atoms with E-state index >= 15 is 0 Å². The average Bonchev–Trinajstić information content (AvgIpc) is 2.66. The fourth-order valence-corrected chi connectivity index (χ4v) is 2.90. The summed E-state index contributed by atoms with van der Waals surface area (Å²) >= 11 is 0. The minimum Gasteiger partial charge on any atom is -0.241 e. The zero-order valence-corrected chi connectivity index (χ0v) is 9.90. The van der Waals surface area contributed by atoms with Gasteiger partial charge < -0.3 is 0 Å². The fourth-order valence-electron chi connectivity index (χ4n) is 1.49. The standard InChI is InChI=1S/C11H12N2O2S/c1-9-5-3-4-6-11(9)16(14,15)13-7-10(2)12-8-13/h3-8H,1-2H3. The van der Waals surface area contributed by atoms with Crippen molar-refractivity contribution < 1.29 is 8.42 Å². The monoisotopic (exact) mass is 236 g/mol. The Bertz CT molecular complexity index is 614. The normalized spacial score (nSPS) is 11.6. The maximum absolute atomic E-state index is 12.2. The molecule has 1 aromatic carbocycles. The molecule has 4 nitrogen and oxygen atoms in total. The topological polar surface area (TPSA) is 52.0 Å². The Morgan fingerprint density at radius 3 is 2.44 bits per heavy atom. The molecule has 2 aromatic rings. The quantitative estimate of drug-likeness (QED) is 0.798. The van der Waals surface area contributed by atoms with Crippen LogP contribution in [0, 0.1) is 13.8 Å². The fraction of sp³-hybridized carbons (Fsp3) is 0.182. The molecule has 16 heavy (non-hydrogen) atoms. The van der Waals surface area contributed by atoms with E-state index in [1.165, 1.54) is 12.5 Å². The van der Waals surface area contributed by atoms with Crippen LogP contribution in [-0.2, 0) is 10.0 Å². The molecule has 1 aromatic heterocycles. The van der Waals surface area contributed by atoms with Crippen LogP contribution in [0.25, 0.3) is 0 Å². The van der Waals surface area contributed by atoms with Crippen LogP contribution < -0.4 is 0 Å². The molecule has 0 aliphatic rings. The molecule has 0 atom stereocenters. The van der Waals surface area contributed by atoms with Crippen molar-refractivity contribution in [1.82, 2.24) is 8.96 Å². The molecule has 0 aliphatic heterocycles. The number of hydrogen-bond acceptors (Lipinski definition) is 3. The first-order valence-electron chi connectivity index (χ1n) is 4.83. The summed E-state index contributed by atoms with van der Waals surface area (Å²) in [6.07, 6.45) is 2.82. The van der Waals surface area contributed by atoms with Gasteiger partial charge in [-0.05, 0) is 25.5 Å². The lowest BCUT2D eigenvalue weighted by atomic mass is 10.2. The van der Waals surface area contributed by atoms with Gasteiger partial charge >= 0.3 is 0 Å². The lowest BCUT2D eigenvalue weighted by molar-refractivity contribution is 0.586. The zero-order chi connectivity index (χ0) is 11.8. The first-order valence-corrected chi connectivity index (χ1v) is 6.27. The maximum Gasteiger partial charge on any atom is 0.269 e. The van der Waals surface area contributed by atoms with Crippen LogP contribution in [0.3, 0.4) is 0 Å². The lowest BCUT2D eigenvalue weighted by Gasteiger charge is -2.07. The highest BCUT2D eigenvalue weighted by molar-refractivity contribution is 7.90. The highest BCUT2D eigenvalue weighted by Gasteiger charge is 2.18. The van der Waals surface area contributed by atoms with Gasteiger partial charge in [0.15, 0.2) is 0 Å². The summed E-state index contributed by atoms with van der Waals surface area (Å²) in [5.41, 5.74) is 1.41. The zero-order valence-electron chi connectivity index (χ0n) is 9.08. The molecule has 0 spiro atoms. The lowest BCUT2D eigenvalue weighted by Crippen LogP contribution is -2.12. The van der Waals surface area contributed by atoms with Gasteiger partial charge in [-0.1, -0.05) is 18.2 Å². The summed E-state index contributed by atoms with van der Waals surface area (Å²) in [6, 6.07) is 6.90. The van der Waals surface area contributed by atoms with Gasteiger partial charge in [-0.15, -0.1) is 0 Å². The first kappa shape index (κ1) is 10.9. The number of hydrogen-bond donors (Lipinski definition) is 0. The Kier molecular flexibility index (Phi) is 2.55. The van der Waals surface area contributed by atoms with E-state index in [0.717, 1.165) is 9.54 Å². The highest BCUT2D eigenvalue weighted by atomic mass is 32.2. The van der Waals surface area contributed by atoms with Crippen molar-refractivity contribution in [3.05, 3.63) is 48.0 Å². The van der Waals surface area contributed by atoms with E-state index in [4.69, 9.17) is 0 Å². The van der Waals surface area contributed by atoms with Gasteiger partial charge in [-0.2, -0.15) is 0 Å². The Hall–Kier alpha value is -1.62. The third-order valence-corrected chi connectivity index (χ3v) is 4.11. The third kappa shape index (κ3) is 1.74. The molecule has 0 aliphatic carbocycles. The highest BCUT2D eigenvalue weighted by Crippen LogP contribution is 2.17. The SMILES string of the molecule is Cc1cn(S(=O)(=O)c2ccccc2C)cn1. The van der Waals surface area contributed by atoms with E-state index in [2.05, 4.69) is 4.98 Å². The second-order valence-corrected chi connectivity index (χ2v) is 5.43. The molecule has 5 heteroatoms. The average molecular weight is 236 g/mol. The van der Waals surface area contributed by atoms with Gasteiger partial charge in [0, 0.05) is 6.20 Å². The van der Waals surface area contributed by atoms with Crippen LogP contribution in [-0.4, -0.2) is 17.4 Å². The largest absolute Gasteiger partial charge is 0.269 e. The van der Waals surface area contributed by atoms with Crippen LogP contribution in [0.2, 0.25) is 0 Å². The Labute approximate surface area is 94.6 Å². The number of imidazole rings is 1. The van der Waals surface area contributed by atoms with E-state index in [1.807, 2.05) is 6.07 Å². The summed E-state index contributed by atoms with van der Waals surface area (Å²) in [6.45, 7) is 3.53. The molecule has 84 valence electrons. The van der Waals surface area contributed by atoms with Crippen molar-refractivity contribution in [2.75, 3.05) is 0 Å². The van der Waals surface area contributed by atoms with E-state index in [-0.39, 0.29) is 0 Å². The van der Waals surface area contributed by atoms with Crippen LogP contribution >= 0.6 is 0 Å².